The van der Waals surface area contributed by atoms with Crippen LogP contribution >= 0.6 is 0 Å². The molecule has 0 saturated carbocycles. The van der Waals surface area contributed by atoms with E-state index in [1.54, 1.807) is 13.0 Å². The van der Waals surface area contributed by atoms with Crippen molar-refractivity contribution in [2.24, 2.45) is 0 Å². The number of aryl methyl sites for hydroxylation is 1. The molecule has 0 atom stereocenters. The maximum Gasteiger partial charge on any atom is 0.251 e. The van der Waals surface area contributed by atoms with Gasteiger partial charge in [0.15, 0.2) is 11.5 Å². The minimum Gasteiger partial charge on any atom is -0.454 e. The molecule has 140 valence electrons. The minimum absolute atomic E-state index is 0.0962. The van der Waals surface area contributed by atoms with Crippen LogP contribution in [0.5, 0.6) is 11.5 Å². The van der Waals surface area contributed by atoms with Gasteiger partial charge in [-0.25, -0.2) is 13.1 Å². The van der Waals surface area contributed by atoms with Gasteiger partial charge in [-0.1, -0.05) is 6.07 Å². The minimum atomic E-state index is -3.64. The predicted octanol–water partition coefficient (Wildman–Crippen LogP) is 2.09. The Bertz CT molecular complexity index is 1180. The number of aromatic nitrogens is 1. The van der Waals surface area contributed by atoms with Gasteiger partial charge in [-0.3, -0.25) is 4.79 Å². The summed E-state index contributed by atoms with van der Waals surface area (Å²) in [4.78, 5) is 14.6. The molecule has 2 aromatic carbocycles. The summed E-state index contributed by atoms with van der Waals surface area (Å²) in [6, 6.07) is 12.0. The molecule has 0 aliphatic carbocycles. The molecule has 3 aromatic rings. The zero-order valence-electron chi connectivity index (χ0n) is 14.6. The van der Waals surface area contributed by atoms with Crippen molar-refractivity contribution in [3.8, 4) is 11.5 Å². The molecular weight excluding hydrogens is 368 g/mol. The van der Waals surface area contributed by atoms with Gasteiger partial charge in [-0.2, -0.15) is 0 Å². The molecule has 1 aliphatic rings. The number of nitrogens with one attached hydrogen (secondary N) is 2. The number of ether oxygens (including phenoxy) is 2. The van der Waals surface area contributed by atoms with E-state index in [0.29, 0.717) is 23.5 Å². The van der Waals surface area contributed by atoms with Gasteiger partial charge in [0, 0.05) is 23.7 Å². The molecule has 7 nitrogen and oxygen atoms in total. The van der Waals surface area contributed by atoms with Gasteiger partial charge in [0.25, 0.3) is 5.56 Å². The van der Waals surface area contributed by atoms with Gasteiger partial charge in [0.2, 0.25) is 16.8 Å². The highest BCUT2D eigenvalue weighted by atomic mass is 32.2. The van der Waals surface area contributed by atoms with Crippen LogP contribution in [0, 0.1) is 6.92 Å². The first-order chi connectivity index (χ1) is 12.9. The molecule has 27 heavy (non-hydrogen) atoms. The first-order valence-electron chi connectivity index (χ1n) is 8.44. The number of rotatable bonds is 5. The molecule has 0 amide bonds. The third-order valence-corrected chi connectivity index (χ3v) is 5.91. The van der Waals surface area contributed by atoms with Crippen LogP contribution in [0.25, 0.3) is 10.9 Å². The van der Waals surface area contributed by atoms with Crippen LogP contribution in [-0.4, -0.2) is 26.7 Å². The number of H-pyrrole nitrogens is 1. The zero-order valence-corrected chi connectivity index (χ0v) is 15.4. The van der Waals surface area contributed by atoms with Crippen LogP contribution in [0.4, 0.5) is 0 Å². The number of pyridine rings is 1. The summed E-state index contributed by atoms with van der Waals surface area (Å²) in [5, 5.41) is 0.920. The Kier molecular flexibility index (Phi) is 4.37. The van der Waals surface area contributed by atoms with Crippen molar-refractivity contribution in [2.45, 2.75) is 18.2 Å². The SMILES string of the molecule is Cc1cc2cc(CCNS(=O)(=O)c3ccc4c(c3)OCO4)ccc2[nH]c1=O. The van der Waals surface area contributed by atoms with E-state index in [4.69, 9.17) is 9.47 Å². The van der Waals surface area contributed by atoms with E-state index in [1.165, 1.54) is 12.1 Å². The van der Waals surface area contributed by atoms with Gasteiger partial charge < -0.3 is 14.5 Å². The number of sulfonamides is 1. The van der Waals surface area contributed by atoms with Crippen LogP contribution in [-0.2, 0) is 16.4 Å². The third kappa shape index (κ3) is 3.54. The first-order valence-corrected chi connectivity index (χ1v) is 9.92. The van der Waals surface area contributed by atoms with Crippen molar-refractivity contribution < 1.29 is 17.9 Å². The highest BCUT2D eigenvalue weighted by Gasteiger charge is 2.19. The maximum atomic E-state index is 12.5. The van der Waals surface area contributed by atoms with Crippen molar-refractivity contribution in [1.29, 1.82) is 0 Å². The second-order valence-electron chi connectivity index (χ2n) is 6.37. The Morgan fingerprint density at radius 1 is 1.07 bits per heavy atom. The molecule has 8 heteroatoms. The molecular formula is C19H18N2O5S. The zero-order chi connectivity index (χ0) is 19.0. The van der Waals surface area contributed by atoms with Crippen LogP contribution < -0.4 is 19.8 Å². The van der Waals surface area contributed by atoms with E-state index in [1.807, 2.05) is 24.3 Å². The van der Waals surface area contributed by atoms with Crippen molar-refractivity contribution in [3.05, 3.63) is 63.9 Å². The van der Waals surface area contributed by atoms with E-state index in [-0.39, 0.29) is 23.8 Å². The topological polar surface area (TPSA) is 97.5 Å². The quantitative estimate of drug-likeness (QED) is 0.700. The molecule has 4 rings (SSSR count). The summed E-state index contributed by atoms with van der Waals surface area (Å²) in [5.41, 5.74) is 2.27. The summed E-state index contributed by atoms with van der Waals surface area (Å²) < 4.78 is 38.0. The van der Waals surface area contributed by atoms with Crippen molar-refractivity contribution in [2.75, 3.05) is 13.3 Å². The van der Waals surface area contributed by atoms with Gasteiger partial charge in [-0.15, -0.1) is 0 Å². The van der Waals surface area contributed by atoms with Crippen molar-refractivity contribution >= 4 is 20.9 Å². The fraction of sp³-hybridized carbons (Fsp3) is 0.211. The fourth-order valence-electron chi connectivity index (χ4n) is 2.98. The van der Waals surface area contributed by atoms with Crippen LogP contribution in [0.3, 0.4) is 0 Å². The van der Waals surface area contributed by atoms with Gasteiger partial charge in [-0.05, 0) is 54.6 Å². The Hall–Kier alpha value is -2.84. The van der Waals surface area contributed by atoms with Gasteiger partial charge in [0.1, 0.15) is 0 Å². The molecule has 0 unspecified atom stereocenters. The first kappa shape index (κ1) is 17.6. The molecule has 0 bridgehead atoms. The van der Waals surface area contributed by atoms with Gasteiger partial charge >= 0.3 is 0 Å². The third-order valence-electron chi connectivity index (χ3n) is 4.45. The highest BCUT2D eigenvalue weighted by Crippen LogP contribution is 2.33. The second-order valence-corrected chi connectivity index (χ2v) is 8.13. The number of benzene rings is 2. The summed E-state index contributed by atoms with van der Waals surface area (Å²) >= 11 is 0. The largest absolute Gasteiger partial charge is 0.454 e. The number of hydrogen-bond donors (Lipinski definition) is 2. The summed E-state index contributed by atoms with van der Waals surface area (Å²) in [6.07, 6.45) is 0.526. The van der Waals surface area contributed by atoms with Crippen molar-refractivity contribution in [1.82, 2.24) is 9.71 Å². The average molecular weight is 386 g/mol. The second kappa shape index (κ2) is 6.71. The standard InChI is InChI=1S/C19H18N2O5S/c1-12-8-14-9-13(2-4-16(14)21-19(12)22)6-7-20-27(23,24)15-3-5-17-18(10-15)26-11-25-17/h2-5,8-10,20H,6-7,11H2,1H3,(H,21,22). The maximum absolute atomic E-state index is 12.5. The lowest BCUT2D eigenvalue weighted by Crippen LogP contribution is -2.26. The van der Waals surface area contributed by atoms with E-state index in [2.05, 4.69) is 9.71 Å². The van der Waals surface area contributed by atoms with E-state index in [0.717, 1.165) is 16.5 Å². The lowest BCUT2D eigenvalue weighted by molar-refractivity contribution is 0.174. The van der Waals surface area contributed by atoms with E-state index < -0.39 is 10.0 Å². The van der Waals surface area contributed by atoms with Gasteiger partial charge in [0.05, 0.1) is 4.90 Å². The Morgan fingerprint density at radius 2 is 1.89 bits per heavy atom. The average Bonchev–Trinajstić information content (AvgIpc) is 3.10. The number of hydrogen-bond acceptors (Lipinski definition) is 5. The van der Waals surface area contributed by atoms with Crippen LogP contribution in [0.15, 0.2) is 52.2 Å². The van der Waals surface area contributed by atoms with Crippen molar-refractivity contribution in [3.63, 3.8) is 0 Å². The molecule has 1 aromatic heterocycles. The number of aromatic amines is 1. The summed E-state index contributed by atoms with van der Waals surface area (Å²) in [6.45, 7) is 2.11. The normalized spacial score (nSPS) is 13.2. The number of fused-ring (bicyclic) bond motifs is 2. The van der Waals surface area contributed by atoms with Crippen LogP contribution in [0.2, 0.25) is 0 Å². The Morgan fingerprint density at radius 3 is 2.74 bits per heavy atom. The Labute approximate surface area is 156 Å². The predicted molar refractivity (Wildman–Crippen MR) is 101 cm³/mol. The monoisotopic (exact) mass is 386 g/mol. The van der Waals surface area contributed by atoms with E-state index in [9.17, 15) is 13.2 Å². The van der Waals surface area contributed by atoms with Crippen LogP contribution in [0.1, 0.15) is 11.1 Å². The molecule has 0 spiro atoms. The fourth-order valence-corrected chi connectivity index (χ4v) is 4.02. The molecule has 2 N–H and O–H groups in total. The summed E-state index contributed by atoms with van der Waals surface area (Å²) in [7, 11) is -3.64. The highest BCUT2D eigenvalue weighted by molar-refractivity contribution is 7.89. The molecule has 2 heterocycles. The Balaban J connectivity index is 1.46. The summed E-state index contributed by atoms with van der Waals surface area (Å²) in [5.74, 6) is 0.968. The van der Waals surface area contributed by atoms with E-state index >= 15 is 0 Å². The molecule has 0 saturated heterocycles. The smallest absolute Gasteiger partial charge is 0.251 e. The molecule has 0 radical (unpaired) electrons. The molecule has 1 aliphatic heterocycles. The lowest BCUT2D eigenvalue weighted by Gasteiger charge is -2.08. The molecule has 0 fully saturated rings. The lowest BCUT2D eigenvalue weighted by atomic mass is 10.1.